The van der Waals surface area contributed by atoms with E-state index in [-0.39, 0.29) is 12.3 Å². The SMILES string of the molecule is Nc1ccccc1OCCCC(=O)N1CCCC1C(=O)O. The highest BCUT2D eigenvalue weighted by atomic mass is 16.5. The molecule has 0 saturated carbocycles. The van der Waals surface area contributed by atoms with Gasteiger partial charge in [-0.3, -0.25) is 4.79 Å². The zero-order chi connectivity index (χ0) is 15.2. The summed E-state index contributed by atoms with van der Waals surface area (Å²) in [5.74, 6) is -0.437. The number of para-hydroxylation sites is 2. The van der Waals surface area contributed by atoms with Crippen LogP contribution in [0.2, 0.25) is 0 Å². The fraction of sp³-hybridized carbons (Fsp3) is 0.467. The summed E-state index contributed by atoms with van der Waals surface area (Å²) in [6.45, 7) is 0.911. The second-order valence-electron chi connectivity index (χ2n) is 5.07. The zero-order valence-electron chi connectivity index (χ0n) is 11.8. The number of nitrogen functional groups attached to an aromatic ring is 1. The number of carbonyl (C=O) groups is 2. The maximum atomic E-state index is 12.0. The quantitative estimate of drug-likeness (QED) is 0.612. The molecule has 1 atom stereocenters. The maximum absolute atomic E-state index is 12.0. The Balaban J connectivity index is 1.75. The first kappa shape index (κ1) is 15.2. The number of amides is 1. The minimum absolute atomic E-state index is 0.121. The number of likely N-dealkylation sites (tertiary alicyclic amines) is 1. The molecule has 1 aromatic carbocycles. The summed E-state index contributed by atoms with van der Waals surface area (Å²) in [6.07, 6.45) is 2.12. The highest BCUT2D eigenvalue weighted by Crippen LogP contribution is 2.21. The van der Waals surface area contributed by atoms with Crippen LogP contribution in [0.15, 0.2) is 24.3 Å². The van der Waals surface area contributed by atoms with Crippen molar-refractivity contribution in [2.45, 2.75) is 31.7 Å². The Morgan fingerprint density at radius 3 is 2.86 bits per heavy atom. The van der Waals surface area contributed by atoms with Crippen LogP contribution in [0.4, 0.5) is 5.69 Å². The number of carbonyl (C=O) groups excluding carboxylic acids is 1. The van der Waals surface area contributed by atoms with Crippen molar-refractivity contribution in [3.8, 4) is 5.75 Å². The maximum Gasteiger partial charge on any atom is 0.326 e. The van der Waals surface area contributed by atoms with Crippen molar-refractivity contribution in [1.82, 2.24) is 4.90 Å². The van der Waals surface area contributed by atoms with Crippen molar-refractivity contribution in [3.05, 3.63) is 24.3 Å². The lowest BCUT2D eigenvalue weighted by Crippen LogP contribution is -2.40. The van der Waals surface area contributed by atoms with Crippen molar-refractivity contribution < 1.29 is 19.4 Å². The number of ether oxygens (including phenoxy) is 1. The Hall–Kier alpha value is -2.24. The van der Waals surface area contributed by atoms with E-state index in [2.05, 4.69) is 0 Å². The fourth-order valence-electron chi connectivity index (χ4n) is 2.48. The number of hydrogen-bond acceptors (Lipinski definition) is 4. The Kier molecular flexibility index (Phi) is 5.03. The van der Waals surface area contributed by atoms with Crippen LogP contribution in [-0.4, -0.2) is 41.1 Å². The molecule has 1 aliphatic heterocycles. The number of hydrogen-bond donors (Lipinski definition) is 2. The van der Waals surface area contributed by atoms with E-state index in [1.54, 1.807) is 12.1 Å². The van der Waals surface area contributed by atoms with E-state index >= 15 is 0 Å². The lowest BCUT2D eigenvalue weighted by Gasteiger charge is -2.21. The van der Waals surface area contributed by atoms with E-state index in [0.717, 1.165) is 6.42 Å². The molecule has 1 aromatic rings. The fourth-order valence-corrected chi connectivity index (χ4v) is 2.48. The van der Waals surface area contributed by atoms with E-state index in [0.29, 0.717) is 37.4 Å². The number of aliphatic carboxylic acids is 1. The lowest BCUT2D eigenvalue weighted by molar-refractivity contribution is -0.148. The van der Waals surface area contributed by atoms with Crippen molar-refractivity contribution in [3.63, 3.8) is 0 Å². The average molecular weight is 292 g/mol. The number of carboxylic acids is 1. The van der Waals surface area contributed by atoms with Crippen LogP contribution < -0.4 is 10.5 Å². The molecule has 21 heavy (non-hydrogen) atoms. The summed E-state index contributed by atoms with van der Waals surface area (Å²) in [7, 11) is 0. The van der Waals surface area contributed by atoms with Gasteiger partial charge in [-0.2, -0.15) is 0 Å². The zero-order valence-corrected chi connectivity index (χ0v) is 11.8. The molecule has 0 radical (unpaired) electrons. The molecule has 1 amide bonds. The van der Waals surface area contributed by atoms with Gasteiger partial charge in [0.15, 0.2) is 0 Å². The van der Waals surface area contributed by atoms with Crippen LogP contribution >= 0.6 is 0 Å². The predicted octanol–water partition coefficient (Wildman–Crippen LogP) is 1.50. The van der Waals surface area contributed by atoms with E-state index in [1.165, 1.54) is 4.90 Å². The molecule has 1 fully saturated rings. The summed E-state index contributed by atoms with van der Waals surface area (Å²) in [6, 6.07) is 6.52. The van der Waals surface area contributed by atoms with Gasteiger partial charge in [-0.05, 0) is 31.4 Å². The van der Waals surface area contributed by atoms with Crippen molar-refractivity contribution in [1.29, 1.82) is 0 Å². The molecule has 3 N–H and O–H groups in total. The van der Waals surface area contributed by atoms with Gasteiger partial charge >= 0.3 is 5.97 Å². The molecule has 114 valence electrons. The van der Waals surface area contributed by atoms with Gasteiger partial charge in [0, 0.05) is 13.0 Å². The smallest absolute Gasteiger partial charge is 0.326 e. The normalized spacial score (nSPS) is 17.7. The van der Waals surface area contributed by atoms with Crippen molar-refractivity contribution in [2.75, 3.05) is 18.9 Å². The van der Waals surface area contributed by atoms with Crippen LogP contribution in [0.1, 0.15) is 25.7 Å². The molecule has 1 aliphatic rings. The highest BCUT2D eigenvalue weighted by molar-refractivity contribution is 5.84. The Bertz CT molecular complexity index is 518. The molecule has 1 heterocycles. The van der Waals surface area contributed by atoms with Crippen LogP contribution in [0.3, 0.4) is 0 Å². The number of carboxylic acid groups (broad SMARTS) is 1. The van der Waals surface area contributed by atoms with E-state index in [4.69, 9.17) is 15.6 Å². The topological polar surface area (TPSA) is 92.9 Å². The van der Waals surface area contributed by atoms with Gasteiger partial charge in [-0.25, -0.2) is 4.79 Å². The molecule has 1 saturated heterocycles. The number of anilines is 1. The van der Waals surface area contributed by atoms with Gasteiger partial charge in [0.1, 0.15) is 11.8 Å². The first-order valence-corrected chi connectivity index (χ1v) is 7.09. The average Bonchev–Trinajstić information content (AvgIpc) is 2.95. The second-order valence-corrected chi connectivity index (χ2v) is 5.07. The number of nitrogens with zero attached hydrogens (tertiary/aromatic N) is 1. The van der Waals surface area contributed by atoms with Crippen LogP contribution in [-0.2, 0) is 9.59 Å². The van der Waals surface area contributed by atoms with Gasteiger partial charge in [0.2, 0.25) is 5.91 Å². The first-order valence-electron chi connectivity index (χ1n) is 7.09. The van der Waals surface area contributed by atoms with E-state index in [1.807, 2.05) is 12.1 Å². The summed E-state index contributed by atoms with van der Waals surface area (Å²) in [5.41, 5.74) is 6.31. The third kappa shape index (κ3) is 3.87. The summed E-state index contributed by atoms with van der Waals surface area (Å²) in [4.78, 5) is 24.5. The van der Waals surface area contributed by atoms with Gasteiger partial charge in [0.25, 0.3) is 0 Å². The first-order chi connectivity index (χ1) is 10.1. The number of nitrogens with two attached hydrogens (primary N) is 1. The number of rotatable bonds is 6. The van der Waals surface area contributed by atoms with Gasteiger partial charge < -0.3 is 20.5 Å². The molecule has 1 unspecified atom stereocenters. The minimum Gasteiger partial charge on any atom is -0.491 e. The number of benzene rings is 1. The van der Waals surface area contributed by atoms with Gasteiger partial charge in [-0.15, -0.1) is 0 Å². The molecule has 6 nitrogen and oxygen atoms in total. The highest BCUT2D eigenvalue weighted by Gasteiger charge is 2.33. The molecular formula is C15H20N2O4. The molecule has 6 heteroatoms. The molecular weight excluding hydrogens is 272 g/mol. The van der Waals surface area contributed by atoms with Crippen molar-refractivity contribution >= 4 is 17.6 Å². The monoisotopic (exact) mass is 292 g/mol. The second kappa shape index (κ2) is 6.97. The summed E-state index contributed by atoms with van der Waals surface area (Å²) >= 11 is 0. The standard InChI is InChI=1S/C15H20N2O4/c16-11-5-1-2-7-13(11)21-10-4-8-14(18)17-9-3-6-12(17)15(19)20/h1-2,5,7,12H,3-4,6,8-10,16H2,(H,19,20). The molecule has 0 aliphatic carbocycles. The molecule has 0 spiro atoms. The van der Waals surface area contributed by atoms with Crippen LogP contribution in [0.25, 0.3) is 0 Å². The van der Waals surface area contributed by atoms with Crippen LogP contribution in [0.5, 0.6) is 5.75 Å². The van der Waals surface area contributed by atoms with Crippen LogP contribution in [0, 0.1) is 0 Å². The molecule has 0 aromatic heterocycles. The summed E-state index contributed by atoms with van der Waals surface area (Å²) < 4.78 is 5.51. The Morgan fingerprint density at radius 1 is 1.38 bits per heavy atom. The lowest BCUT2D eigenvalue weighted by atomic mass is 10.2. The van der Waals surface area contributed by atoms with E-state index in [9.17, 15) is 9.59 Å². The minimum atomic E-state index is -0.922. The molecule has 2 rings (SSSR count). The van der Waals surface area contributed by atoms with Gasteiger partial charge in [0.05, 0.1) is 12.3 Å². The molecule has 0 bridgehead atoms. The Labute approximate surface area is 123 Å². The largest absolute Gasteiger partial charge is 0.491 e. The third-order valence-electron chi connectivity index (χ3n) is 3.57. The van der Waals surface area contributed by atoms with Crippen molar-refractivity contribution in [2.24, 2.45) is 0 Å². The third-order valence-corrected chi connectivity index (χ3v) is 3.57. The Morgan fingerprint density at radius 2 is 2.14 bits per heavy atom. The predicted molar refractivity (Wildman–Crippen MR) is 78.0 cm³/mol. The van der Waals surface area contributed by atoms with E-state index < -0.39 is 12.0 Å². The summed E-state index contributed by atoms with van der Waals surface area (Å²) in [5, 5.41) is 9.05. The van der Waals surface area contributed by atoms with Gasteiger partial charge in [-0.1, -0.05) is 12.1 Å².